The first-order valence-electron chi connectivity index (χ1n) is 20.8. The molecule has 0 aliphatic carbocycles. The normalized spacial score (nSPS) is 11.5. The Balaban J connectivity index is 1.01. The highest BCUT2D eigenvalue weighted by molar-refractivity contribution is 5.77. The summed E-state index contributed by atoms with van der Waals surface area (Å²) in [7, 11) is 0. The quantitative estimate of drug-likeness (QED) is 0.0627. The third-order valence-electron chi connectivity index (χ3n) is 8.46. The maximum absolute atomic E-state index is 11.4. The Kier molecular flexibility index (Phi) is 30.1. The van der Waals surface area contributed by atoms with E-state index in [1.54, 1.807) is 0 Å². The molecule has 61 heavy (non-hydrogen) atoms. The minimum Gasteiger partial charge on any atom is -0.480 e. The van der Waals surface area contributed by atoms with Gasteiger partial charge in [0.05, 0.1) is 139 Å². The number of benzene rings is 3. The molecule has 16 heteroatoms. The molecule has 16 nitrogen and oxygen atoms in total. The fraction of sp³-hybridized carbons (Fsp3) is 0.556. The molecular formula is C45H65NO15. The van der Waals surface area contributed by atoms with E-state index in [0.29, 0.717) is 145 Å². The Morgan fingerprint density at radius 1 is 0.377 bits per heavy atom. The van der Waals surface area contributed by atoms with Gasteiger partial charge in [0.25, 0.3) is 0 Å². The minimum atomic E-state index is -1.13. The van der Waals surface area contributed by atoms with Gasteiger partial charge in [-0.3, -0.25) is 4.79 Å². The van der Waals surface area contributed by atoms with Crippen LogP contribution in [-0.2, 0) is 72.0 Å². The van der Waals surface area contributed by atoms with E-state index < -0.39 is 24.1 Å². The number of carboxylic acids is 1. The van der Waals surface area contributed by atoms with Gasteiger partial charge in [-0.1, -0.05) is 91.0 Å². The Bertz CT molecular complexity index is 1380. The van der Waals surface area contributed by atoms with Crippen molar-refractivity contribution in [3.05, 3.63) is 108 Å². The molecule has 3 rings (SSSR count). The number of carboxylic acid groups (broad SMARTS) is 1. The molecule has 1 amide bonds. The van der Waals surface area contributed by atoms with Crippen LogP contribution in [0.3, 0.4) is 0 Å². The highest BCUT2D eigenvalue weighted by Gasteiger charge is 2.37. The Hall–Kier alpha value is -3.88. The first-order valence-corrected chi connectivity index (χ1v) is 20.8. The van der Waals surface area contributed by atoms with Crippen LogP contribution < -0.4 is 5.32 Å². The molecule has 0 saturated carbocycles. The lowest BCUT2D eigenvalue weighted by molar-refractivity contribution is -0.143. The molecule has 0 saturated heterocycles. The number of ether oxygens (including phenoxy) is 12. The highest BCUT2D eigenvalue weighted by Crippen LogP contribution is 2.40. The molecule has 0 aliphatic heterocycles. The van der Waals surface area contributed by atoms with E-state index >= 15 is 0 Å². The first kappa shape index (κ1) is 51.5. The van der Waals surface area contributed by atoms with E-state index in [-0.39, 0.29) is 6.61 Å². The molecule has 0 spiro atoms. The smallest absolute Gasteiger partial charge is 0.329 e. The Morgan fingerprint density at radius 3 is 0.951 bits per heavy atom. The van der Waals surface area contributed by atoms with Crippen molar-refractivity contribution in [2.24, 2.45) is 0 Å². The summed E-state index contributed by atoms with van der Waals surface area (Å²) in [5.41, 5.74) is 2.41. The van der Waals surface area contributed by atoms with Gasteiger partial charge in [0.2, 0.25) is 5.91 Å². The van der Waals surface area contributed by atoms with Crippen LogP contribution in [0.4, 0.5) is 0 Å². The molecule has 0 aromatic heterocycles. The summed E-state index contributed by atoms with van der Waals surface area (Å²) in [4.78, 5) is 21.7. The van der Waals surface area contributed by atoms with Gasteiger partial charge >= 0.3 is 5.97 Å². The molecule has 340 valence electrons. The van der Waals surface area contributed by atoms with Gasteiger partial charge in [-0.05, 0) is 16.7 Å². The lowest BCUT2D eigenvalue weighted by Crippen LogP contribution is -2.34. The van der Waals surface area contributed by atoms with Crippen LogP contribution in [-0.4, -0.2) is 175 Å². The molecule has 0 radical (unpaired) electrons. The van der Waals surface area contributed by atoms with Crippen molar-refractivity contribution >= 4 is 11.9 Å². The zero-order chi connectivity index (χ0) is 43.2. The SMILES string of the molecule is O=C(O)COCC(=O)NCCOCCOCCOCCOCCOCCOCCOCCOCCOCCOCCOC(c1ccccc1)(c1ccccc1)c1ccccc1. The van der Waals surface area contributed by atoms with Gasteiger partial charge in [0.1, 0.15) is 18.8 Å². The summed E-state index contributed by atoms with van der Waals surface area (Å²) in [5.74, 6) is -1.52. The second kappa shape index (κ2) is 35.7. The van der Waals surface area contributed by atoms with Gasteiger partial charge in [-0.15, -0.1) is 0 Å². The van der Waals surface area contributed by atoms with Crippen molar-refractivity contribution in [2.45, 2.75) is 5.60 Å². The number of hydrogen-bond donors (Lipinski definition) is 2. The fourth-order valence-electron chi connectivity index (χ4n) is 5.65. The fourth-order valence-corrected chi connectivity index (χ4v) is 5.65. The topological polar surface area (TPSA) is 177 Å². The summed E-state index contributed by atoms with van der Waals surface area (Å²) >= 11 is 0. The van der Waals surface area contributed by atoms with Crippen molar-refractivity contribution in [1.29, 1.82) is 0 Å². The largest absolute Gasteiger partial charge is 0.480 e. The van der Waals surface area contributed by atoms with Crippen LogP contribution in [0, 0.1) is 0 Å². The summed E-state index contributed by atoms with van der Waals surface area (Å²) in [6.07, 6.45) is 0. The molecule has 0 bridgehead atoms. The van der Waals surface area contributed by atoms with E-state index in [2.05, 4.69) is 46.5 Å². The predicted octanol–water partition coefficient (Wildman–Crippen LogP) is 3.38. The second-order valence-corrected chi connectivity index (χ2v) is 13.0. The summed E-state index contributed by atoms with van der Waals surface area (Å²) in [6.45, 7) is 8.83. The van der Waals surface area contributed by atoms with Crippen LogP contribution in [0.1, 0.15) is 16.7 Å². The number of nitrogens with one attached hydrogen (secondary N) is 1. The zero-order valence-corrected chi connectivity index (χ0v) is 35.3. The molecular weight excluding hydrogens is 794 g/mol. The lowest BCUT2D eigenvalue weighted by atomic mass is 9.80. The Labute approximate surface area is 359 Å². The molecule has 3 aromatic rings. The molecule has 0 heterocycles. The van der Waals surface area contributed by atoms with E-state index in [4.69, 9.17) is 57.2 Å². The lowest BCUT2D eigenvalue weighted by Gasteiger charge is -2.36. The molecule has 0 atom stereocenters. The summed E-state index contributed by atoms with van der Waals surface area (Å²) < 4.78 is 66.8. The maximum Gasteiger partial charge on any atom is 0.329 e. The van der Waals surface area contributed by atoms with Crippen molar-refractivity contribution in [3.8, 4) is 0 Å². The summed E-state index contributed by atoms with van der Waals surface area (Å²) in [6, 6.07) is 30.9. The van der Waals surface area contributed by atoms with Gasteiger partial charge in [0, 0.05) is 6.54 Å². The highest BCUT2D eigenvalue weighted by atomic mass is 16.6. The average molecular weight is 860 g/mol. The number of hydrogen-bond acceptors (Lipinski definition) is 14. The van der Waals surface area contributed by atoms with E-state index in [1.807, 2.05) is 54.6 Å². The van der Waals surface area contributed by atoms with Gasteiger partial charge in [-0.2, -0.15) is 0 Å². The van der Waals surface area contributed by atoms with Gasteiger partial charge in [0.15, 0.2) is 0 Å². The monoisotopic (exact) mass is 859 g/mol. The van der Waals surface area contributed by atoms with Crippen molar-refractivity contribution < 1.29 is 71.5 Å². The standard InChI is InChI=1S/C45H65NO15/c47-43(38-60-39-44(48)49)46-16-17-50-18-19-51-20-21-52-22-23-53-24-25-54-26-27-55-28-29-56-30-31-57-32-33-58-34-35-59-36-37-61-45(40-10-4-1-5-11-40,41-12-6-2-7-13-41)42-14-8-3-9-15-42/h1-15H,16-39H2,(H,46,47)(H,48,49). The number of carbonyl (C=O) groups is 2. The molecule has 0 unspecified atom stereocenters. The molecule has 0 fully saturated rings. The van der Waals surface area contributed by atoms with Gasteiger partial charge in [-0.25, -0.2) is 4.79 Å². The van der Waals surface area contributed by atoms with Crippen molar-refractivity contribution in [3.63, 3.8) is 0 Å². The minimum absolute atomic E-state index is 0.296. The van der Waals surface area contributed by atoms with Crippen LogP contribution in [0.15, 0.2) is 91.0 Å². The predicted molar refractivity (Wildman–Crippen MR) is 225 cm³/mol. The second-order valence-electron chi connectivity index (χ2n) is 13.0. The van der Waals surface area contributed by atoms with Crippen LogP contribution in [0.2, 0.25) is 0 Å². The van der Waals surface area contributed by atoms with E-state index in [0.717, 1.165) is 16.7 Å². The van der Waals surface area contributed by atoms with Crippen LogP contribution >= 0.6 is 0 Å². The molecule has 3 aromatic carbocycles. The third-order valence-corrected chi connectivity index (χ3v) is 8.46. The number of rotatable bonds is 41. The van der Waals surface area contributed by atoms with Gasteiger partial charge < -0.3 is 67.3 Å². The third kappa shape index (κ3) is 24.4. The van der Waals surface area contributed by atoms with E-state index in [1.165, 1.54) is 0 Å². The van der Waals surface area contributed by atoms with Crippen molar-refractivity contribution in [2.75, 3.05) is 159 Å². The van der Waals surface area contributed by atoms with E-state index in [9.17, 15) is 9.59 Å². The molecule has 0 aliphatic rings. The number of carbonyl (C=O) groups excluding carboxylic acids is 1. The number of aliphatic carboxylic acids is 1. The maximum atomic E-state index is 11.4. The zero-order valence-electron chi connectivity index (χ0n) is 35.3. The summed E-state index contributed by atoms with van der Waals surface area (Å²) in [5, 5.41) is 11.0. The first-order chi connectivity index (χ1) is 30.1. The Morgan fingerprint density at radius 2 is 0.656 bits per heavy atom. The van der Waals surface area contributed by atoms with Crippen LogP contribution in [0.25, 0.3) is 0 Å². The molecule has 2 N–H and O–H groups in total. The van der Waals surface area contributed by atoms with Crippen LogP contribution in [0.5, 0.6) is 0 Å². The average Bonchev–Trinajstić information content (AvgIpc) is 3.28. The number of amides is 1. The van der Waals surface area contributed by atoms with Crippen molar-refractivity contribution in [1.82, 2.24) is 5.32 Å².